The largest absolute Gasteiger partial charge is 0.339 e. The van der Waals surface area contributed by atoms with Gasteiger partial charge in [0.2, 0.25) is 5.91 Å². The molecule has 2 heterocycles. The molecule has 3 atom stereocenters. The third-order valence-corrected chi connectivity index (χ3v) is 5.06. The minimum absolute atomic E-state index is 0.109. The van der Waals surface area contributed by atoms with Crippen molar-refractivity contribution in [2.75, 3.05) is 13.1 Å². The van der Waals surface area contributed by atoms with Gasteiger partial charge in [-0.05, 0) is 42.5 Å². The zero-order valence-corrected chi connectivity index (χ0v) is 12.6. The summed E-state index contributed by atoms with van der Waals surface area (Å²) in [6, 6.07) is 2.68. The first-order chi connectivity index (χ1) is 11.4. The van der Waals surface area contributed by atoms with Crippen LogP contribution in [-0.2, 0) is 9.59 Å². The Labute approximate surface area is 136 Å². The van der Waals surface area contributed by atoms with Crippen LogP contribution in [0, 0.1) is 17.6 Å². The van der Waals surface area contributed by atoms with Crippen molar-refractivity contribution in [3.05, 3.63) is 35.4 Å². The first-order valence-electron chi connectivity index (χ1n) is 7.77. The van der Waals surface area contributed by atoms with Crippen LogP contribution in [0.5, 0.6) is 0 Å². The third-order valence-electron chi connectivity index (χ3n) is 5.06. The highest BCUT2D eigenvalue weighted by Gasteiger charge is 2.54. The number of carbonyl (C=O) groups excluding carboxylic acids is 3. The van der Waals surface area contributed by atoms with Crippen LogP contribution in [0.3, 0.4) is 0 Å². The molecule has 0 aromatic heterocycles. The molecule has 4 amide bonds. The molecule has 1 aliphatic carbocycles. The van der Waals surface area contributed by atoms with Gasteiger partial charge in [-0.2, -0.15) is 0 Å². The zero-order valence-electron chi connectivity index (χ0n) is 12.6. The lowest BCUT2D eigenvalue weighted by Crippen LogP contribution is -2.49. The second-order valence-corrected chi connectivity index (χ2v) is 6.61. The monoisotopic (exact) mass is 335 g/mol. The van der Waals surface area contributed by atoms with Crippen LogP contribution >= 0.6 is 0 Å². The van der Waals surface area contributed by atoms with Crippen molar-refractivity contribution in [2.45, 2.75) is 24.3 Å². The highest BCUT2D eigenvalue weighted by molar-refractivity contribution is 6.07. The molecule has 2 aliphatic heterocycles. The molecule has 8 heteroatoms. The predicted molar refractivity (Wildman–Crippen MR) is 77.8 cm³/mol. The maximum Gasteiger partial charge on any atom is 0.322 e. The molecule has 1 aromatic carbocycles. The average Bonchev–Trinajstić information content (AvgIpc) is 3.13. The summed E-state index contributed by atoms with van der Waals surface area (Å²) in [5.74, 6) is -2.40. The predicted octanol–water partition coefficient (Wildman–Crippen LogP) is 0.879. The standard InChI is InChI=1S/C16H15F2N3O3/c17-8-1-2-12(18)10(5-8)9-6-11(9)13(22)21-4-3-16(7-21)14(23)19-15(24)20-16/h1-2,5,9,11H,3-4,6-7H2,(H2,19,20,23,24). The van der Waals surface area contributed by atoms with Crippen molar-refractivity contribution >= 4 is 17.8 Å². The van der Waals surface area contributed by atoms with Gasteiger partial charge in [0.05, 0.1) is 6.54 Å². The van der Waals surface area contributed by atoms with E-state index in [-0.39, 0.29) is 23.9 Å². The summed E-state index contributed by atoms with van der Waals surface area (Å²) in [4.78, 5) is 37.3. The number of amides is 4. The van der Waals surface area contributed by atoms with Gasteiger partial charge in [-0.1, -0.05) is 0 Å². The third kappa shape index (κ3) is 2.24. The number of hydrogen-bond acceptors (Lipinski definition) is 3. The van der Waals surface area contributed by atoms with Gasteiger partial charge in [0.15, 0.2) is 0 Å². The molecular weight excluding hydrogens is 320 g/mol. The van der Waals surface area contributed by atoms with E-state index in [1.807, 2.05) is 0 Å². The van der Waals surface area contributed by atoms with E-state index in [9.17, 15) is 23.2 Å². The molecule has 1 saturated carbocycles. The second kappa shape index (κ2) is 4.99. The van der Waals surface area contributed by atoms with Crippen molar-refractivity contribution in [2.24, 2.45) is 5.92 Å². The van der Waals surface area contributed by atoms with Gasteiger partial charge in [0.1, 0.15) is 17.2 Å². The van der Waals surface area contributed by atoms with Gasteiger partial charge in [-0.25, -0.2) is 13.6 Å². The number of nitrogens with zero attached hydrogens (tertiary/aromatic N) is 1. The van der Waals surface area contributed by atoms with Crippen LogP contribution in [0.2, 0.25) is 0 Å². The number of likely N-dealkylation sites (tertiary alicyclic amines) is 1. The maximum atomic E-state index is 13.8. The van der Waals surface area contributed by atoms with Crippen molar-refractivity contribution in [1.82, 2.24) is 15.5 Å². The van der Waals surface area contributed by atoms with Gasteiger partial charge in [0.25, 0.3) is 5.91 Å². The van der Waals surface area contributed by atoms with Crippen LogP contribution < -0.4 is 10.6 Å². The van der Waals surface area contributed by atoms with E-state index in [0.717, 1.165) is 18.2 Å². The summed E-state index contributed by atoms with van der Waals surface area (Å²) >= 11 is 0. The summed E-state index contributed by atoms with van der Waals surface area (Å²) in [6.45, 7) is 0.458. The molecule has 3 unspecified atom stereocenters. The van der Waals surface area contributed by atoms with Crippen molar-refractivity contribution in [3.63, 3.8) is 0 Å². The highest BCUT2D eigenvalue weighted by atomic mass is 19.1. The molecule has 2 N–H and O–H groups in total. The Kier molecular flexibility index (Phi) is 3.13. The minimum atomic E-state index is -1.05. The molecule has 2 saturated heterocycles. The summed E-state index contributed by atoms with van der Waals surface area (Å²) < 4.78 is 27.1. The van der Waals surface area contributed by atoms with Gasteiger partial charge < -0.3 is 10.2 Å². The van der Waals surface area contributed by atoms with E-state index in [2.05, 4.69) is 10.6 Å². The van der Waals surface area contributed by atoms with Gasteiger partial charge in [0, 0.05) is 12.5 Å². The van der Waals surface area contributed by atoms with Crippen LogP contribution in [0.4, 0.5) is 13.6 Å². The van der Waals surface area contributed by atoms with E-state index in [1.165, 1.54) is 4.90 Å². The topological polar surface area (TPSA) is 78.5 Å². The Balaban J connectivity index is 1.46. The Morgan fingerprint density at radius 1 is 1.29 bits per heavy atom. The van der Waals surface area contributed by atoms with Gasteiger partial charge in [-0.15, -0.1) is 0 Å². The van der Waals surface area contributed by atoms with Gasteiger partial charge in [-0.3, -0.25) is 14.9 Å². The summed E-state index contributed by atoms with van der Waals surface area (Å²) in [7, 11) is 0. The Morgan fingerprint density at radius 3 is 2.79 bits per heavy atom. The number of carbonyl (C=O) groups is 3. The summed E-state index contributed by atoms with van der Waals surface area (Å²) in [5.41, 5.74) is -0.838. The van der Waals surface area contributed by atoms with Crippen LogP contribution in [0.15, 0.2) is 18.2 Å². The molecule has 0 bridgehead atoms. The SMILES string of the molecule is O=C1NC(=O)C2(CCN(C(=O)C3CC3c3cc(F)ccc3F)C2)N1. The van der Waals surface area contributed by atoms with E-state index in [4.69, 9.17) is 0 Å². The number of halogens is 2. The van der Waals surface area contributed by atoms with E-state index in [1.54, 1.807) is 0 Å². The molecule has 1 spiro atoms. The number of hydrogen-bond donors (Lipinski definition) is 2. The molecular formula is C16H15F2N3O3. The minimum Gasteiger partial charge on any atom is -0.339 e. The molecule has 0 radical (unpaired) electrons. The lowest BCUT2D eigenvalue weighted by molar-refractivity contribution is -0.132. The molecule has 6 nitrogen and oxygen atoms in total. The fraction of sp³-hybridized carbons (Fsp3) is 0.438. The number of benzene rings is 1. The van der Waals surface area contributed by atoms with E-state index < -0.39 is 35.0 Å². The number of rotatable bonds is 2. The van der Waals surface area contributed by atoms with Crippen LogP contribution in [0.1, 0.15) is 24.3 Å². The molecule has 3 aliphatic rings. The number of urea groups is 1. The first-order valence-corrected chi connectivity index (χ1v) is 7.77. The lowest BCUT2D eigenvalue weighted by atomic mass is 9.99. The summed E-state index contributed by atoms with van der Waals surface area (Å²) in [6.07, 6.45) is 0.809. The average molecular weight is 335 g/mol. The van der Waals surface area contributed by atoms with E-state index in [0.29, 0.717) is 19.4 Å². The number of imide groups is 1. The zero-order chi connectivity index (χ0) is 17.1. The van der Waals surface area contributed by atoms with E-state index >= 15 is 0 Å². The van der Waals surface area contributed by atoms with Crippen molar-refractivity contribution in [3.8, 4) is 0 Å². The maximum absolute atomic E-state index is 13.8. The fourth-order valence-corrected chi connectivity index (χ4v) is 3.66. The molecule has 3 fully saturated rings. The molecule has 24 heavy (non-hydrogen) atoms. The quantitative estimate of drug-likeness (QED) is 0.788. The Hall–Kier alpha value is -2.51. The van der Waals surface area contributed by atoms with Crippen LogP contribution in [-0.4, -0.2) is 41.4 Å². The van der Waals surface area contributed by atoms with Crippen molar-refractivity contribution in [1.29, 1.82) is 0 Å². The molecule has 126 valence electrons. The van der Waals surface area contributed by atoms with Gasteiger partial charge >= 0.3 is 6.03 Å². The first kappa shape index (κ1) is 15.0. The summed E-state index contributed by atoms with van der Waals surface area (Å²) in [5, 5.41) is 4.76. The molecule has 4 rings (SSSR count). The Morgan fingerprint density at radius 2 is 2.08 bits per heavy atom. The second-order valence-electron chi connectivity index (χ2n) is 6.61. The fourth-order valence-electron chi connectivity index (χ4n) is 3.66. The van der Waals surface area contributed by atoms with Crippen LogP contribution in [0.25, 0.3) is 0 Å². The Bertz CT molecular complexity index is 769. The lowest BCUT2D eigenvalue weighted by Gasteiger charge is -2.21. The van der Waals surface area contributed by atoms with Crippen molar-refractivity contribution < 1.29 is 23.2 Å². The number of nitrogens with one attached hydrogen (secondary N) is 2. The highest BCUT2D eigenvalue weighted by Crippen LogP contribution is 2.50. The smallest absolute Gasteiger partial charge is 0.322 e. The normalized spacial score (nSPS) is 31.3. The molecule has 1 aromatic rings.